The van der Waals surface area contributed by atoms with Crippen LogP contribution in [0.2, 0.25) is 5.02 Å². The van der Waals surface area contributed by atoms with Crippen LogP contribution in [-0.2, 0) is 16.1 Å². The summed E-state index contributed by atoms with van der Waals surface area (Å²) in [5.41, 5.74) is 8.23. The molecule has 0 radical (unpaired) electrons. The number of hydrogen-bond donors (Lipinski definition) is 2. The molecular formula is C27H40ClFN6O3. The Labute approximate surface area is 230 Å². The topological polar surface area (TPSA) is 121 Å². The highest BCUT2D eigenvalue weighted by Gasteiger charge is 2.37. The largest absolute Gasteiger partial charge is 0.487 e. The van der Waals surface area contributed by atoms with Gasteiger partial charge in [-0.05, 0) is 50.8 Å². The maximum Gasteiger partial charge on any atom is 0.222 e. The van der Waals surface area contributed by atoms with Gasteiger partial charge in [0.05, 0.1) is 35.5 Å². The first-order chi connectivity index (χ1) is 18.1. The molecule has 0 aliphatic carbocycles. The molecule has 0 aromatic heterocycles. The number of nitriles is 1. The van der Waals surface area contributed by atoms with E-state index in [0.717, 1.165) is 35.4 Å². The highest BCUT2D eigenvalue weighted by molar-refractivity contribution is 6.31. The molecule has 38 heavy (non-hydrogen) atoms. The summed E-state index contributed by atoms with van der Waals surface area (Å²) in [4.78, 5) is 20.9. The Morgan fingerprint density at radius 2 is 2.08 bits per heavy atom. The van der Waals surface area contributed by atoms with Crippen molar-refractivity contribution in [3.63, 3.8) is 0 Å². The molecule has 1 fully saturated rings. The quantitative estimate of drug-likeness (QED) is 0.297. The number of nitrogens with two attached hydrogens (primary N) is 2. The number of ether oxygens (including phenoxy) is 1. The van der Waals surface area contributed by atoms with Crippen LogP contribution in [0.1, 0.15) is 63.6 Å². The lowest BCUT2D eigenvalue weighted by Crippen LogP contribution is -2.45. The Balaban J connectivity index is 2.01. The Hall–Kier alpha value is -2.58. The second-order valence-corrected chi connectivity index (χ2v) is 10.5. The highest BCUT2D eigenvalue weighted by Crippen LogP contribution is 2.42. The number of nitrogens with zero attached hydrogens (tertiary/aromatic N) is 4. The fraction of sp³-hybridized carbons (Fsp3) is 0.630. The number of amides is 1. The van der Waals surface area contributed by atoms with Gasteiger partial charge in [0.1, 0.15) is 18.5 Å². The van der Waals surface area contributed by atoms with Crippen LogP contribution in [0, 0.1) is 17.2 Å². The third kappa shape index (κ3) is 6.89. The minimum absolute atomic E-state index is 0.0840. The fourth-order valence-corrected chi connectivity index (χ4v) is 5.48. The number of rotatable bonds is 12. The van der Waals surface area contributed by atoms with Gasteiger partial charge in [-0.2, -0.15) is 10.3 Å². The first-order valence-electron chi connectivity index (χ1n) is 13.2. The molecule has 3 rings (SSSR count). The molecule has 1 aromatic rings. The summed E-state index contributed by atoms with van der Waals surface area (Å²) in [5, 5.41) is 13.2. The van der Waals surface area contributed by atoms with Crippen LogP contribution in [0.5, 0.6) is 5.75 Å². The van der Waals surface area contributed by atoms with Gasteiger partial charge in [-0.1, -0.05) is 24.9 Å². The molecule has 210 valence electrons. The number of carbonyl (C=O) groups is 1. The standard InChI is InChI=1S/C27H40ClFN6O3/c1-5-7-23(17(2)14-30)38-35-13-11-19-20(28)9-10-24(37-16-21(31)27(18(3)29)33(4)32)26(19)22(35)15-34-12-6-8-25(34)36/h9-10,17-18,22-23H,5-8,11-13,15-16,31-32H2,1-4H3/b27-21-. The molecule has 4 atom stereocenters. The third-order valence-electron chi connectivity index (χ3n) is 7.16. The zero-order valence-electron chi connectivity index (χ0n) is 22.8. The Morgan fingerprint density at radius 3 is 2.66 bits per heavy atom. The van der Waals surface area contributed by atoms with Gasteiger partial charge < -0.3 is 20.4 Å². The fourth-order valence-electron chi connectivity index (χ4n) is 5.23. The molecule has 1 aromatic carbocycles. The first kappa shape index (κ1) is 30.0. The normalized spacial score (nSPS) is 20.8. The smallest absolute Gasteiger partial charge is 0.222 e. The van der Waals surface area contributed by atoms with Crippen molar-refractivity contribution in [2.24, 2.45) is 17.5 Å². The van der Waals surface area contributed by atoms with E-state index in [1.165, 1.54) is 14.0 Å². The Morgan fingerprint density at radius 1 is 1.34 bits per heavy atom. The zero-order valence-corrected chi connectivity index (χ0v) is 23.5. The summed E-state index contributed by atoms with van der Waals surface area (Å²) in [6.45, 7) is 6.80. The van der Waals surface area contributed by atoms with Crippen LogP contribution in [0.4, 0.5) is 4.39 Å². The lowest BCUT2D eigenvalue weighted by Gasteiger charge is -2.41. The number of alkyl halides is 1. The monoisotopic (exact) mass is 550 g/mol. The molecule has 1 saturated heterocycles. The molecule has 4 unspecified atom stereocenters. The number of hydroxylamine groups is 2. The average molecular weight is 551 g/mol. The molecule has 2 aliphatic rings. The molecule has 9 nitrogen and oxygen atoms in total. The van der Waals surface area contributed by atoms with Crippen LogP contribution >= 0.6 is 11.6 Å². The summed E-state index contributed by atoms with van der Waals surface area (Å²) in [5.74, 6) is 6.11. The average Bonchev–Trinajstić information content (AvgIpc) is 3.27. The summed E-state index contributed by atoms with van der Waals surface area (Å²) >= 11 is 6.65. The molecule has 0 saturated carbocycles. The molecule has 0 spiro atoms. The van der Waals surface area contributed by atoms with Gasteiger partial charge in [-0.25, -0.2) is 10.2 Å². The van der Waals surface area contributed by atoms with Crippen LogP contribution in [0.3, 0.4) is 0 Å². The number of hydrazine groups is 1. The number of fused-ring (bicyclic) bond motifs is 1. The lowest BCUT2D eigenvalue weighted by molar-refractivity contribution is -0.237. The van der Waals surface area contributed by atoms with Crippen molar-refractivity contribution in [1.29, 1.82) is 5.26 Å². The zero-order chi connectivity index (χ0) is 28.0. The second kappa shape index (κ2) is 13.5. The van der Waals surface area contributed by atoms with E-state index >= 15 is 0 Å². The molecule has 4 N–H and O–H groups in total. The number of carbonyl (C=O) groups excluding carboxylic acids is 1. The summed E-state index contributed by atoms with van der Waals surface area (Å²) in [6, 6.07) is 5.48. The van der Waals surface area contributed by atoms with Gasteiger partial charge in [0.2, 0.25) is 5.91 Å². The molecular weight excluding hydrogens is 511 g/mol. The van der Waals surface area contributed by atoms with E-state index in [1.807, 2.05) is 16.9 Å². The van der Waals surface area contributed by atoms with E-state index in [0.29, 0.717) is 43.2 Å². The second-order valence-electron chi connectivity index (χ2n) is 10.1. The van der Waals surface area contributed by atoms with Gasteiger partial charge in [-0.15, -0.1) is 0 Å². The van der Waals surface area contributed by atoms with E-state index in [4.69, 9.17) is 32.8 Å². The van der Waals surface area contributed by atoms with Crippen molar-refractivity contribution in [3.05, 3.63) is 39.7 Å². The number of likely N-dealkylation sites (tertiary alicyclic amines) is 1. The lowest BCUT2D eigenvalue weighted by atomic mass is 9.92. The SMILES string of the molecule is CCCC(ON1CCc2c(Cl)ccc(OC/C(N)=C(\C(C)F)N(C)N)c2C1CN1CCCC1=O)C(C)C#N. The predicted molar refractivity (Wildman–Crippen MR) is 144 cm³/mol. The highest BCUT2D eigenvalue weighted by atomic mass is 35.5. The molecule has 2 aliphatic heterocycles. The van der Waals surface area contributed by atoms with Gasteiger partial charge in [0.15, 0.2) is 0 Å². The molecule has 1 amide bonds. The maximum atomic E-state index is 14.2. The van der Waals surface area contributed by atoms with Crippen molar-refractivity contribution < 1.29 is 18.8 Å². The van der Waals surface area contributed by atoms with Crippen LogP contribution < -0.4 is 16.3 Å². The number of hydrogen-bond acceptors (Lipinski definition) is 8. The maximum absolute atomic E-state index is 14.2. The minimum atomic E-state index is -1.37. The van der Waals surface area contributed by atoms with Gasteiger partial charge >= 0.3 is 0 Å². The summed E-state index contributed by atoms with van der Waals surface area (Å²) in [6.07, 6.45) is 1.85. The number of allylic oxidation sites excluding steroid dienone is 1. The van der Waals surface area contributed by atoms with Crippen molar-refractivity contribution in [2.45, 2.75) is 71.2 Å². The van der Waals surface area contributed by atoms with Crippen molar-refractivity contribution in [1.82, 2.24) is 15.0 Å². The van der Waals surface area contributed by atoms with Gasteiger partial charge in [-0.3, -0.25) is 9.63 Å². The molecule has 0 bridgehead atoms. The van der Waals surface area contributed by atoms with E-state index in [2.05, 4.69) is 13.0 Å². The van der Waals surface area contributed by atoms with Crippen LogP contribution in [0.15, 0.2) is 23.5 Å². The van der Waals surface area contributed by atoms with E-state index in [1.54, 1.807) is 12.1 Å². The van der Waals surface area contributed by atoms with Gasteiger partial charge in [0.25, 0.3) is 0 Å². The Kier molecular flexibility index (Phi) is 10.6. The Bertz CT molecular complexity index is 1050. The van der Waals surface area contributed by atoms with E-state index in [9.17, 15) is 14.4 Å². The van der Waals surface area contributed by atoms with Crippen LogP contribution in [-0.4, -0.2) is 66.4 Å². The predicted octanol–water partition coefficient (Wildman–Crippen LogP) is 3.83. The molecule has 11 heteroatoms. The minimum Gasteiger partial charge on any atom is -0.487 e. The number of benzene rings is 1. The molecule has 2 heterocycles. The summed E-state index contributed by atoms with van der Waals surface area (Å²) in [7, 11) is 1.52. The van der Waals surface area contributed by atoms with Crippen molar-refractivity contribution in [3.8, 4) is 11.8 Å². The van der Waals surface area contributed by atoms with Crippen molar-refractivity contribution >= 4 is 17.5 Å². The number of halogens is 2. The first-order valence-corrected chi connectivity index (χ1v) is 13.6. The third-order valence-corrected chi connectivity index (χ3v) is 7.52. The summed E-state index contributed by atoms with van der Waals surface area (Å²) < 4.78 is 20.3. The van der Waals surface area contributed by atoms with Crippen molar-refractivity contribution in [2.75, 3.05) is 33.3 Å². The van der Waals surface area contributed by atoms with E-state index in [-0.39, 0.29) is 42.0 Å². The van der Waals surface area contributed by atoms with E-state index < -0.39 is 6.17 Å². The van der Waals surface area contributed by atoms with Gasteiger partial charge in [0, 0.05) is 43.7 Å². The van der Waals surface area contributed by atoms with Crippen LogP contribution in [0.25, 0.3) is 0 Å².